The van der Waals surface area contributed by atoms with E-state index in [1.807, 2.05) is 24.3 Å². The van der Waals surface area contributed by atoms with Crippen molar-refractivity contribution in [3.05, 3.63) is 42.0 Å². The number of fused-ring (bicyclic) bond motifs is 1. The number of aryl methyl sites for hydroxylation is 1. The molecule has 0 bridgehead atoms. The predicted molar refractivity (Wildman–Crippen MR) is 55.0 cm³/mol. The second kappa shape index (κ2) is 3.09. The van der Waals surface area contributed by atoms with Crippen molar-refractivity contribution in [2.24, 2.45) is 0 Å². The van der Waals surface area contributed by atoms with Crippen LogP contribution in [0.3, 0.4) is 0 Å². The van der Waals surface area contributed by atoms with Crippen molar-refractivity contribution in [3.8, 4) is 5.75 Å². The fourth-order valence-corrected chi connectivity index (χ4v) is 1.67. The van der Waals surface area contributed by atoms with Crippen molar-refractivity contribution < 1.29 is 5.11 Å². The Labute approximate surface area is 77.6 Å². The van der Waals surface area contributed by atoms with E-state index in [2.05, 4.69) is 13.0 Å². The van der Waals surface area contributed by atoms with Gasteiger partial charge in [0.15, 0.2) is 0 Å². The van der Waals surface area contributed by atoms with Gasteiger partial charge in [0, 0.05) is 5.39 Å². The Hall–Kier alpha value is -1.50. The van der Waals surface area contributed by atoms with Gasteiger partial charge in [-0.05, 0) is 23.4 Å². The molecule has 0 saturated heterocycles. The molecule has 0 saturated carbocycles. The molecule has 0 amide bonds. The molecular formula is C12H12O. The lowest BCUT2D eigenvalue weighted by molar-refractivity contribution is 0.481. The molecule has 13 heavy (non-hydrogen) atoms. The minimum Gasteiger partial charge on any atom is -0.507 e. The van der Waals surface area contributed by atoms with Crippen LogP contribution in [0.5, 0.6) is 5.75 Å². The van der Waals surface area contributed by atoms with Crippen molar-refractivity contribution in [1.82, 2.24) is 0 Å². The largest absolute Gasteiger partial charge is 0.507 e. The van der Waals surface area contributed by atoms with E-state index in [0.717, 1.165) is 17.2 Å². The third-order valence-electron chi connectivity index (χ3n) is 2.37. The maximum atomic E-state index is 9.59. The molecule has 2 rings (SSSR count). The van der Waals surface area contributed by atoms with E-state index < -0.39 is 0 Å². The third-order valence-corrected chi connectivity index (χ3v) is 2.37. The van der Waals surface area contributed by atoms with Crippen molar-refractivity contribution in [2.45, 2.75) is 13.3 Å². The zero-order valence-electron chi connectivity index (χ0n) is 7.62. The van der Waals surface area contributed by atoms with E-state index in [1.54, 1.807) is 6.07 Å². The first-order chi connectivity index (χ1) is 6.33. The molecule has 0 radical (unpaired) electrons. The molecule has 0 aromatic heterocycles. The topological polar surface area (TPSA) is 20.2 Å². The summed E-state index contributed by atoms with van der Waals surface area (Å²) >= 11 is 0. The molecule has 1 nitrogen and oxygen atoms in total. The van der Waals surface area contributed by atoms with Gasteiger partial charge in [-0.2, -0.15) is 0 Å². The second-order valence-electron chi connectivity index (χ2n) is 3.14. The van der Waals surface area contributed by atoms with Crippen LogP contribution in [0.4, 0.5) is 0 Å². The van der Waals surface area contributed by atoms with Gasteiger partial charge in [-0.1, -0.05) is 37.3 Å². The number of phenols is 1. The Morgan fingerprint density at radius 3 is 2.46 bits per heavy atom. The molecule has 2 aromatic rings. The Bertz CT molecular complexity index is 432. The van der Waals surface area contributed by atoms with Crippen molar-refractivity contribution >= 4 is 10.8 Å². The summed E-state index contributed by atoms with van der Waals surface area (Å²) in [6.07, 6.45) is 1.00. The van der Waals surface area contributed by atoms with Gasteiger partial charge >= 0.3 is 0 Å². The third kappa shape index (κ3) is 1.26. The van der Waals surface area contributed by atoms with Crippen LogP contribution in [0.15, 0.2) is 36.4 Å². The van der Waals surface area contributed by atoms with E-state index in [0.29, 0.717) is 5.75 Å². The average molecular weight is 172 g/mol. The van der Waals surface area contributed by atoms with Crippen LogP contribution in [0.1, 0.15) is 12.5 Å². The van der Waals surface area contributed by atoms with Crippen LogP contribution in [0.25, 0.3) is 10.8 Å². The standard InChI is InChI=1S/C12H12O/c1-2-9-5-3-7-11-10(9)6-4-8-12(11)13/h3-8,13H,2H2,1H3. The van der Waals surface area contributed by atoms with Gasteiger partial charge < -0.3 is 5.11 Å². The van der Waals surface area contributed by atoms with Crippen LogP contribution in [0, 0.1) is 0 Å². The number of hydrogen-bond donors (Lipinski definition) is 1. The number of benzene rings is 2. The molecular weight excluding hydrogens is 160 g/mol. The predicted octanol–water partition coefficient (Wildman–Crippen LogP) is 3.11. The monoisotopic (exact) mass is 172 g/mol. The second-order valence-corrected chi connectivity index (χ2v) is 3.14. The quantitative estimate of drug-likeness (QED) is 0.700. The SMILES string of the molecule is CCc1cccc2c(O)cccc12. The maximum Gasteiger partial charge on any atom is 0.123 e. The highest BCUT2D eigenvalue weighted by atomic mass is 16.3. The molecule has 0 aliphatic carbocycles. The summed E-state index contributed by atoms with van der Waals surface area (Å²) < 4.78 is 0. The molecule has 0 aliphatic rings. The molecule has 66 valence electrons. The minimum absolute atomic E-state index is 0.368. The first-order valence-corrected chi connectivity index (χ1v) is 4.52. The summed E-state index contributed by atoms with van der Waals surface area (Å²) in [7, 11) is 0. The molecule has 0 spiro atoms. The zero-order valence-corrected chi connectivity index (χ0v) is 7.62. The summed E-state index contributed by atoms with van der Waals surface area (Å²) in [6.45, 7) is 2.12. The highest BCUT2D eigenvalue weighted by Crippen LogP contribution is 2.26. The smallest absolute Gasteiger partial charge is 0.123 e. The molecule has 0 atom stereocenters. The Balaban J connectivity index is 2.84. The van der Waals surface area contributed by atoms with Crippen molar-refractivity contribution in [2.75, 3.05) is 0 Å². The van der Waals surface area contributed by atoms with Gasteiger partial charge in [0.05, 0.1) is 0 Å². The van der Waals surface area contributed by atoms with Crippen LogP contribution in [0.2, 0.25) is 0 Å². The van der Waals surface area contributed by atoms with Crippen LogP contribution in [-0.4, -0.2) is 5.11 Å². The van der Waals surface area contributed by atoms with Crippen molar-refractivity contribution in [3.63, 3.8) is 0 Å². The van der Waals surface area contributed by atoms with Gasteiger partial charge in [0.1, 0.15) is 5.75 Å². The van der Waals surface area contributed by atoms with E-state index in [4.69, 9.17) is 0 Å². The Morgan fingerprint density at radius 2 is 1.69 bits per heavy atom. The number of aromatic hydroxyl groups is 1. The average Bonchev–Trinajstić information content (AvgIpc) is 2.18. The summed E-state index contributed by atoms with van der Waals surface area (Å²) in [5, 5.41) is 11.7. The van der Waals surface area contributed by atoms with Gasteiger partial charge in [-0.25, -0.2) is 0 Å². The molecule has 1 heteroatoms. The summed E-state index contributed by atoms with van der Waals surface area (Å²) in [5.74, 6) is 0.368. The Kier molecular flexibility index (Phi) is 1.93. The Morgan fingerprint density at radius 1 is 1.00 bits per heavy atom. The van der Waals surface area contributed by atoms with Gasteiger partial charge in [-0.3, -0.25) is 0 Å². The van der Waals surface area contributed by atoms with E-state index in [-0.39, 0.29) is 0 Å². The highest BCUT2D eigenvalue weighted by molar-refractivity contribution is 5.90. The van der Waals surface area contributed by atoms with E-state index in [9.17, 15) is 5.11 Å². The van der Waals surface area contributed by atoms with Crippen LogP contribution < -0.4 is 0 Å². The first kappa shape index (κ1) is 8.11. The lowest BCUT2D eigenvalue weighted by Gasteiger charge is -2.04. The van der Waals surface area contributed by atoms with Crippen molar-refractivity contribution in [1.29, 1.82) is 0 Å². The summed E-state index contributed by atoms with van der Waals surface area (Å²) in [6, 6.07) is 11.7. The lowest BCUT2D eigenvalue weighted by atomic mass is 10.0. The van der Waals surface area contributed by atoms with Gasteiger partial charge in [-0.15, -0.1) is 0 Å². The highest BCUT2D eigenvalue weighted by Gasteiger charge is 2.01. The molecule has 0 aliphatic heterocycles. The molecule has 2 aromatic carbocycles. The first-order valence-electron chi connectivity index (χ1n) is 4.52. The fraction of sp³-hybridized carbons (Fsp3) is 0.167. The fourth-order valence-electron chi connectivity index (χ4n) is 1.67. The van der Waals surface area contributed by atoms with E-state index >= 15 is 0 Å². The lowest BCUT2D eigenvalue weighted by Crippen LogP contribution is -1.82. The number of phenolic OH excluding ortho intramolecular Hbond substituents is 1. The molecule has 0 unspecified atom stereocenters. The molecule has 0 fully saturated rings. The van der Waals surface area contributed by atoms with Crippen LogP contribution >= 0.6 is 0 Å². The summed E-state index contributed by atoms with van der Waals surface area (Å²) in [5.41, 5.74) is 1.29. The van der Waals surface area contributed by atoms with E-state index in [1.165, 1.54) is 5.56 Å². The van der Waals surface area contributed by atoms with Gasteiger partial charge in [0.25, 0.3) is 0 Å². The summed E-state index contributed by atoms with van der Waals surface area (Å²) in [4.78, 5) is 0. The van der Waals surface area contributed by atoms with Crippen LogP contribution in [-0.2, 0) is 6.42 Å². The normalized spacial score (nSPS) is 10.5. The minimum atomic E-state index is 0.368. The molecule has 0 heterocycles. The zero-order chi connectivity index (χ0) is 9.26. The molecule has 1 N–H and O–H groups in total. The number of rotatable bonds is 1. The van der Waals surface area contributed by atoms with Gasteiger partial charge in [0.2, 0.25) is 0 Å². The number of hydrogen-bond acceptors (Lipinski definition) is 1. The maximum absolute atomic E-state index is 9.59.